The van der Waals surface area contributed by atoms with Gasteiger partial charge in [0.1, 0.15) is 5.60 Å². The van der Waals surface area contributed by atoms with Gasteiger partial charge in [0.2, 0.25) is 0 Å². The zero-order valence-electron chi connectivity index (χ0n) is 14.0. The molecule has 3 rings (SSSR count). The standard InChI is InChI=1S/C14H17N3O2S.C2H6/c1-9-11-7-10(16-8-20-16)5-6-12(11)17(15-9)13(18)19-14(2,3)4;1-2/h5-7H,8H2,1-4H3;1-2H3. The summed E-state index contributed by atoms with van der Waals surface area (Å²) in [7, 11) is 0. The molecule has 1 fully saturated rings. The van der Waals surface area contributed by atoms with E-state index in [0.717, 1.165) is 28.2 Å². The van der Waals surface area contributed by atoms with Crippen LogP contribution >= 0.6 is 11.9 Å². The molecule has 1 aromatic heterocycles. The quantitative estimate of drug-likeness (QED) is 0.568. The van der Waals surface area contributed by atoms with Crippen LogP contribution in [0.5, 0.6) is 0 Å². The number of fused-ring (bicyclic) bond motifs is 1. The minimum absolute atomic E-state index is 0.440. The van der Waals surface area contributed by atoms with Gasteiger partial charge in [-0.15, -0.1) is 0 Å². The molecular formula is C16H23N3O2S. The van der Waals surface area contributed by atoms with Crippen LogP contribution in [0.3, 0.4) is 0 Å². The number of carbonyl (C=O) groups excluding carboxylic acids is 1. The van der Waals surface area contributed by atoms with Crippen molar-refractivity contribution in [3.8, 4) is 0 Å². The van der Waals surface area contributed by atoms with E-state index in [9.17, 15) is 4.79 Å². The third kappa shape index (κ3) is 3.55. The molecule has 1 saturated heterocycles. The lowest BCUT2D eigenvalue weighted by Gasteiger charge is -2.19. The summed E-state index contributed by atoms with van der Waals surface area (Å²) in [5, 5.41) is 5.30. The lowest BCUT2D eigenvalue weighted by atomic mass is 10.2. The smallest absolute Gasteiger partial charge is 0.435 e. The van der Waals surface area contributed by atoms with E-state index in [4.69, 9.17) is 4.74 Å². The first-order valence-electron chi connectivity index (χ1n) is 7.48. The highest BCUT2D eigenvalue weighted by molar-refractivity contribution is 8.07. The van der Waals surface area contributed by atoms with Gasteiger partial charge in [-0.05, 0) is 57.8 Å². The van der Waals surface area contributed by atoms with Crippen molar-refractivity contribution in [2.24, 2.45) is 0 Å². The summed E-state index contributed by atoms with van der Waals surface area (Å²) in [4.78, 5) is 12.2. The van der Waals surface area contributed by atoms with E-state index in [1.807, 2.05) is 53.7 Å². The molecule has 1 aromatic carbocycles. The van der Waals surface area contributed by atoms with Crippen molar-refractivity contribution in [2.45, 2.75) is 47.1 Å². The fraction of sp³-hybridized carbons (Fsp3) is 0.500. The van der Waals surface area contributed by atoms with Crippen molar-refractivity contribution in [1.82, 2.24) is 9.78 Å². The number of anilines is 1. The third-order valence-electron chi connectivity index (χ3n) is 2.96. The number of hydrogen-bond donors (Lipinski definition) is 0. The maximum atomic E-state index is 12.2. The number of carbonyl (C=O) groups is 1. The van der Waals surface area contributed by atoms with Gasteiger partial charge in [-0.25, -0.2) is 4.79 Å². The Bertz CT molecular complexity index is 684. The van der Waals surface area contributed by atoms with Crippen LogP contribution in [0.1, 0.15) is 40.3 Å². The van der Waals surface area contributed by atoms with E-state index < -0.39 is 11.7 Å². The Morgan fingerprint density at radius 3 is 2.50 bits per heavy atom. The van der Waals surface area contributed by atoms with Gasteiger partial charge in [-0.1, -0.05) is 13.8 Å². The van der Waals surface area contributed by atoms with Crippen LogP contribution in [-0.2, 0) is 4.74 Å². The predicted octanol–water partition coefficient (Wildman–Crippen LogP) is 4.58. The second-order valence-electron chi connectivity index (χ2n) is 5.82. The Kier molecular flexibility index (Phi) is 4.70. The van der Waals surface area contributed by atoms with Crippen molar-refractivity contribution < 1.29 is 9.53 Å². The molecule has 2 heterocycles. The van der Waals surface area contributed by atoms with E-state index >= 15 is 0 Å². The molecule has 2 aromatic rings. The molecule has 0 aliphatic carbocycles. The minimum Gasteiger partial charge on any atom is -0.442 e. The highest BCUT2D eigenvalue weighted by Gasteiger charge is 2.24. The monoisotopic (exact) mass is 321 g/mol. The maximum Gasteiger partial charge on any atom is 0.435 e. The van der Waals surface area contributed by atoms with Gasteiger partial charge in [0.05, 0.1) is 17.1 Å². The molecular weight excluding hydrogens is 298 g/mol. The third-order valence-corrected chi connectivity index (χ3v) is 3.69. The van der Waals surface area contributed by atoms with Crippen molar-refractivity contribution in [3.05, 3.63) is 23.9 Å². The van der Waals surface area contributed by atoms with E-state index in [2.05, 4.69) is 15.5 Å². The van der Waals surface area contributed by atoms with Crippen LogP contribution in [0.4, 0.5) is 10.5 Å². The minimum atomic E-state index is -0.528. The Hall–Kier alpha value is -1.69. The van der Waals surface area contributed by atoms with Crippen LogP contribution in [0.15, 0.2) is 18.2 Å². The molecule has 0 spiro atoms. The number of ether oxygens (including phenoxy) is 1. The summed E-state index contributed by atoms with van der Waals surface area (Å²) in [6, 6.07) is 6.00. The van der Waals surface area contributed by atoms with Crippen LogP contribution in [0, 0.1) is 6.92 Å². The van der Waals surface area contributed by atoms with Gasteiger partial charge in [-0.3, -0.25) is 0 Å². The maximum absolute atomic E-state index is 12.2. The molecule has 0 unspecified atom stereocenters. The molecule has 5 nitrogen and oxygen atoms in total. The summed E-state index contributed by atoms with van der Waals surface area (Å²) in [5.41, 5.74) is 2.24. The van der Waals surface area contributed by atoms with E-state index in [1.165, 1.54) is 4.68 Å². The summed E-state index contributed by atoms with van der Waals surface area (Å²) in [5.74, 6) is 1.02. The molecule has 120 valence electrons. The predicted molar refractivity (Wildman–Crippen MR) is 92.4 cm³/mol. The highest BCUT2D eigenvalue weighted by atomic mass is 32.2. The van der Waals surface area contributed by atoms with Gasteiger partial charge in [-0.2, -0.15) is 9.78 Å². The van der Waals surface area contributed by atoms with Crippen LogP contribution < -0.4 is 4.31 Å². The average Bonchev–Trinajstić information content (AvgIpc) is 3.24. The van der Waals surface area contributed by atoms with Crippen molar-refractivity contribution in [1.29, 1.82) is 0 Å². The van der Waals surface area contributed by atoms with E-state index in [-0.39, 0.29) is 0 Å². The van der Waals surface area contributed by atoms with E-state index in [0.29, 0.717) is 0 Å². The van der Waals surface area contributed by atoms with Crippen molar-refractivity contribution in [3.63, 3.8) is 0 Å². The van der Waals surface area contributed by atoms with Gasteiger partial charge >= 0.3 is 6.09 Å². The first-order chi connectivity index (χ1) is 10.3. The fourth-order valence-corrected chi connectivity index (χ4v) is 2.50. The van der Waals surface area contributed by atoms with Crippen LogP contribution in [0.25, 0.3) is 10.9 Å². The molecule has 0 radical (unpaired) electrons. The largest absolute Gasteiger partial charge is 0.442 e. The van der Waals surface area contributed by atoms with Gasteiger partial charge < -0.3 is 9.04 Å². The van der Waals surface area contributed by atoms with Crippen molar-refractivity contribution in [2.75, 3.05) is 10.2 Å². The Balaban J connectivity index is 0.000000847. The van der Waals surface area contributed by atoms with Crippen LogP contribution in [-0.4, -0.2) is 27.4 Å². The summed E-state index contributed by atoms with van der Waals surface area (Å²) in [6.07, 6.45) is -0.440. The zero-order chi connectivity index (χ0) is 16.5. The molecule has 0 atom stereocenters. The number of nitrogens with zero attached hydrogens (tertiary/aromatic N) is 3. The van der Waals surface area contributed by atoms with Crippen LogP contribution in [0.2, 0.25) is 0 Å². The number of rotatable bonds is 1. The molecule has 0 N–H and O–H groups in total. The van der Waals surface area contributed by atoms with Gasteiger partial charge in [0.15, 0.2) is 0 Å². The Labute approximate surface area is 135 Å². The average molecular weight is 321 g/mol. The summed E-state index contributed by atoms with van der Waals surface area (Å²) >= 11 is 1.77. The first-order valence-corrected chi connectivity index (χ1v) is 8.42. The second kappa shape index (κ2) is 6.20. The molecule has 1 aliphatic heterocycles. The lowest BCUT2D eigenvalue weighted by molar-refractivity contribution is 0.0522. The van der Waals surface area contributed by atoms with Crippen molar-refractivity contribution >= 4 is 34.6 Å². The number of aryl methyl sites for hydroxylation is 1. The molecule has 22 heavy (non-hydrogen) atoms. The van der Waals surface area contributed by atoms with E-state index in [1.54, 1.807) is 11.9 Å². The second-order valence-corrected chi connectivity index (χ2v) is 6.77. The lowest BCUT2D eigenvalue weighted by Crippen LogP contribution is -2.27. The fourth-order valence-electron chi connectivity index (χ4n) is 2.03. The number of aromatic nitrogens is 2. The normalized spacial score (nSPS) is 13.6. The van der Waals surface area contributed by atoms with Gasteiger partial charge in [0.25, 0.3) is 0 Å². The molecule has 1 aliphatic rings. The molecule has 0 saturated carbocycles. The summed E-state index contributed by atoms with van der Waals surface area (Å²) in [6.45, 7) is 11.4. The Morgan fingerprint density at radius 1 is 1.32 bits per heavy atom. The SMILES string of the molecule is CC.Cc1nn(C(=O)OC(C)(C)C)c2ccc(N3CS3)cc12. The topological polar surface area (TPSA) is 47.1 Å². The first kappa shape index (κ1) is 16.7. The van der Waals surface area contributed by atoms with Gasteiger partial charge in [0, 0.05) is 11.1 Å². The molecule has 0 bridgehead atoms. The number of hydrogen-bond acceptors (Lipinski definition) is 5. The molecule has 6 heteroatoms. The number of benzene rings is 1. The Morgan fingerprint density at radius 2 is 1.95 bits per heavy atom. The highest BCUT2D eigenvalue weighted by Crippen LogP contribution is 2.37. The molecule has 0 amide bonds. The zero-order valence-corrected chi connectivity index (χ0v) is 14.8. The summed E-state index contributed by atoms with van der Waals surface area (Å²) < 4.78 is 8.91.